The molecule has 1 saturated heterocycles. The molecule has 0 aromatic carbocycles. The Bertz CT molecular complexity index is 314. The number of ether oxygens (including phenoxy) is 2. The van der Waals surface area contributed by atoms with E-state index >= 15 is 0 Å². The van der Waals surface area contributed by atoms with Crippen molar-refractivity contribution in [3.63, 3.8) is 0 Å². The van der Waals surface area contributed by atoms with Crippen molar-refractivity contribution >= 4 is 5.90 Å². The second-order valence-corrected chi connectivity index (χ2v) is 5.77. The normalized spacial score (nSPS) is 20.0. The third-order valence-electron chi connectivity index (χ3n) is 3.55. The molecule has 0 aliphatic carbocycles. The molecule has 1 unspecified atom stereocenters. The lowest BCUT2D eigenvalue weighted by molar-refractivity contribution is -0.0753. The van der Waals surface area contributed by atoms with Gasteiger partial charge in [-0.2, -0.15) is 13.2 Å². The molecule has 3 nitrogen and oxygen atoms in total. The molecule has 22 heavy (non-hydrogen) atoms. The zero-order valence-corrected chi connectivity index (χ0v) is 13.5. The lowest BCUT2D eigenvalue weighted by Crippen LogP contribution is -2.22. The first-order chi connectivity index (χ1) is 10.5. The number of epoxide rings is 1. The van der Waals surface area contributed by atoms with Crippen molar-refractivity contribution < 1.29 is 22.6 Å². The lowest BCUT2D eigenvalue weighted by atomic mass is 10.1. The first-order valence-electron chi connectivity index (χ1n) is 8.39. The molecule has 6 heteroatoms. The summed E-state index contributed by atoms with van der Waals surface area (Å²) in [6, 6.07) is -0.295. The summed E-state index contributed by atoms with van der Waals surface area (Å²) >= 11 is 0. The SMILES string of the molecule is C1CO1.CCCCCCCCCCC1COC(C(F)(F)F)=N1. The fourth-order valence-corrected chi connectivity index (χ4v) is 2.23. The van der Waals surface area contributed by atoms with Gasteiger partial charge in [0.2, 0.25) is 0 Å². The van der Waals surface area contributed by atoms with Crippen molar-refractivity contribution in [1.29, 1.82) is 0 Å². The van der Waals surface area contributed by atoms with Crippen LogP contribution < -0.4 is 0 Å². The molecule has 0 aromatic heterocycles. The van der Waals surface area contributed by atoms with Crippen LogP contribution in [0.4, 0.5) is 13.2 Å². The second kappa shape index (κ2) is 10.9. The number of hydrogen-bond donors (Lipinski definition) is 0. The van der Waals surface area contributed by atoms with Crippen molar-refractivity contribution in [2.75, 3.05) is 19.8 Å². The molecule has 1 fully saturated rings. The standard InChI is InChI=1S/C14H24F3NO.C2H4O/c1-2-3-4-5-6-7-8-9-10-12-11-19-13(18-12)14(15,16)17;1-2-3-1/h12H,2-11H2,1H3;1-2H2. The van der Waals surface area contributed by atoms with Crippen LogP contribution in [-0.4, -0.2) is 37.9 Å². The molecule has 0 saturated carbocycles. The van der Waals surface area contributed by atoms with Crippen LogP contribution in [0.1, 0.15) is 64.7 Å². The maximum absolute atomic E-state index is 12.3. The Morgan fingerprint density at radius 2 is 1.55 bits per heavy atom. The zero-order valence-electron chi connectivity index (χ0n) is 13.5. The minimum absolute atomic E-state index is 0.0886. The second-order valence-electron chi connectivity index (χ2n) is 5.77. The highest BCUT2D eigenvalue weighted by atomic mass is 19.4. The van der Waals surface area contributed by atoms with Gasteiger partial charge in [-0.15, -0.1) is 0 Å². The predicted octanol–water partition coefficient (Wildman–Crippen LogP) is 4.89. The van der Waals surface area contributed by atoms with Gasteiger partial charge >= 0.3 is 6.18 Å². The quantitative estimate of drug-likeness (QED) is 0.447. The van der Waals surface area contributed by atoms with Crippen molar-refractivity contribution in [3.8, 4) is 0 Å². The van der Waals surface area contributed by atoms with E-state index in [2.05, 4.69) is 21.4 Å². The lowest BCUT2D eigenvalue weighted by Gasteiger charge is -2.04. The highest BCUT2D eigenvalue weighted by Gasteiger charge is 2.41. The van der Waals surface area contributed by atoms with E-state index in [9.17, 15) is 13.2 Å². The third-order valence-corrected chi connectivity index (χ3v) is 3.55. The first kappa shape index (κ1) is 19.3. The van der Waals surface area contributed by atoms with Crippen LogP contribution in [0.5, 0.6) is 0 Å². The summed E-state index contributed by atoms with van der Waals surface area (Å²) in [6.45, 7) is 4.28. The van der Waals surface area contributed by atoms with Gasteiger partial charge in [0.25, 0.3) is 5.90 Å². The van der Waals surface area contributed by atoms with Crippen molar-refractivity contribution in [1.82, 2.24) is 0 Å². The molecular formula is C16H28F3NO2. The van der Waals surface area contributed by atoms with Crippen LogP contribution in [0, 0.1) is 0 Å². The number of unbranched alkanes of at least 4 members (excludes halogenated alkanes) is 7. The van der Waals surface area contributed by atoms with Gasteiger partial charge in [0.15, 0.2) is 0 Å². The van der Waals surface area contributed by atoms with Crippen LogP contribution in [0.2, 0.25) is 0 Å². The van der Waals surface area contributed by atoms with Gasteiger partial charge in [0, 0.05) is 0 Å². The molecule has 2 aliphatic rings. The molecule has 2 aliphatic heterocycles. The fraction of sp³-hybridized carbons (Fsp3) is 0.938. The van der Waals surface area contributed by atoms with Gasteiger partial charge < -0.3 is 9.47 Å². The average Bonchev–Trinajstić information content (AvgIpc) is 3.27. The van der Waals surface area contributed by atoms with Gasteiger partial charge in [-0.05, 0) is 6.42 Å². The molecule has 0 spiro atoms. The summed E-state index contributed by atoms with van der Waals surface area (Å²) in [4.78, 5) is 3.59. The molecule has 0 aromatic rings. The maximum atomic E-state index is 12.3. The molecule has 1 atom stereocenters. The van der Waals surface area contributed by atoms with E-state index in [-0.39, 0.29) is 12.6 Å². The molecular weight excluding hydrogens is 295 g/mol. The molecule has 0 N–H and O–H groups in total. The number of aliphatic imine (C=N–C) groups is 1. The third kappa shape index (κ3) is 10.0. The van der Waals surface area contributed by atoms with Crippen LogP contribution in [0.3, 0.4) is 0 Å². The Kier molecular flexibility index (Phi) is 9.52. The van der Waals surface area contributed by atoms with E-state index in [0.29, 0.717) is 6.42 Å². The number of hydrogen-bond acceptors (Lipinski definition) is 3. The monoisotopic (exact) mass is 323 g/mol. The molecule has 130 valence electrons. The van der Waals surface area contributed by atoms with Crippen molar-refractivity contribution in [3.05, 3.63) is 0 Å². The topological polar surface area (TPSA) is 34.1 Å². The van der Waals surface area contributed by atoms with Crippen LogP contribution in [-0.2, 0) is 9.47 Å². The van der Waals surface area contributed by atoms with Crippen LogP contribution in [0.25, 0.3) is 0 Å². The summed E-state index contributed by atoms with van der Waals surface area (Å²) < 4.78 is 45.9. The zero-order chi connectivity index (χ0) is 16.3. The average molecular weight is 323 g/mol. The number of rotatable bonds is 9. The first-order valence-corrected chi connectivity index (χ1v) is 8.39. The Hall–Kier alpha value is -0.780. The van der Waals surface area contributed by atoms with E-state index in [0.717, 1.165) is 26.1 Å². The highest BCUT2D eigenvalue weighted by Crippen LogP contribution is 2.24. The molecule has 2 rings (SSSR count). The summed E-state index contributed by atoms with van der Waals surface area (Å²) in [5.41, 5.74) is 0. The van der Waals surface area contributed by atoms with Gasteiger partial charge in [-0.3, -0.25) is 0 Å². The van der Waals surface area contributed by atoms with E-state index in [1.54, 1.807) is 0 Å². The minimum atomic E-state index is -4.42. The van der Waals surface area contributed by atoms with Crippen LogP contribution >= 0.6 is 0 Å². The summed E-state index contributed by atoms with van der Waals surface area (Å²) in [7, 11) is 0. The minimum Gasteiger partial charge on any atom is -0.472 e. The Labute approximate surface area is 131 Å². The Balaban J connectivity index is 0.000000714. The van der Waals surface area contributed by atoms with Crippen LogP contribution in [0.15, 0.2) is 4.99 Å². The van der Waals surface area contributed by atoms with E-state index in [1.165, 1.54) is 38.5 Å². The van der Waals surface area contributed by atoms with Gasteiger partial charge in [0.1, 0.15) is 6.61 Å². The largest absolute Gasteiger partial charge is 0.472 e. The van der Waals surface area contributed by atoms with Gasteiger partial charge in [-0.25, -0.2) is 4.99 Å². The van der Waals surface area contributed by atoms with Crippen molar-refractivity contribution in [2.45, 2.75) is 76.9 Å². The van der Waals surface area contributed by atoms with E-state index in [4.69, 9.17) is 0 Å². The van der Waals surface area contributed by atoms with E-state index < -0.39 is 12.1 Å². The van der Waals surface area contributed by atoms with Crippen molar-refractivity contribution in [2.24, 2.45) is 4.99 Å². The summed E-state index contributed by atoms with van der Waals surface area (Å²) in [5.74, 6) is -1.04. The maximum Gasteiger partial charge on any atom is 0.468 e. The summed E-state index contributed by atoms with van der Waals surface area (Å²) in [5, 5.41) is 0. The van der Waals surface area contributed by atoms with Gasteiger partial charge in [0.05, 0.1) is 19.3 Å². The molecule has 0 bridgehead atoms. The van der Waals surface area contributed by atoms with Gasteiger partial charge in [-0.1, -0.05) is 58.3 Å². The molecule has 0 amide bonds. The fourth-order valence-electron chi connectivity index (χ4n) is 2.23. The Morgan fingerprint density at radius 3 is 2.00 bits per heavy atom. The number of nitrogens with zero attached hydrogens (tertiary/aromatic N) is 1. The highest BCUT2D eigenvalue weighted by molar-refractivity contribution is 5.83. The molecule has 0 radical (unpaired) electrons. The smallest absolute Gasteiger partial charge is 0.468 e. The van der Waals surface area contributed by atoms with E-state index in [1.807, 2.05) is 0 Å². The molecule has 2 heterocycles. The Morgan fingerprint density at radius 1 is 1.00 bits per heavy atom. The number of halogens is 3. The summed E-state index contributed by atoms with van der Waals surface area (Å²) in [6.07, 6.45) is 5.84. The predicted molar refractivity (Wildman–Crippen MR) is 81.3 cm³/mol. The number of alkyl halides is 3.